The van der Waals surface area contributed by atoms with Crippen LogP contribution in [0.4, 0.5) is 0 Å². The molecule has 0 saturated heterocycles. The quantitative estimate of drug-likeness (QED) is 0.771. The number of benzene rings is 1. The zero-order chi connectivity index (χ0) is 13.7. The normalized spacial score (nSPS) is 11.2. The van der Waals surface area contributed by atoms with E-state index in [4.69, 9.17) is 9.47 Å². The highest BCUT2D eigenvalue weighted by atomic mass is 16.5. The zero-order valence-electron chi connectivity index (χ0n) is 11.1. The number of aromatic nitrogens is 3. The molecule has 0 unspecified atom stereocenters. The third kappa shape index (κ3) is 3.54. The Kier molecular flexibility index (Phi) is 4.12. The number of nitrogens with zero attached hydrogens (tertiary/aromatic N) is 4. The van der Waals surface area contributed by atoms with E-state index in [-0.39, 0.29) is 6.10 Å². The summed E-state index contributed by atoms with van der Waals surface area (Å²) in [7, 11) is 1.61. The standard InChI is InChI=1S/C13H16N4O2/c1-10(2)19-12-5-4-11(6-13(12)18-3)7-16-17-8-14-15-9-17/h4-10H,1-3H3/b16-7+. The first kappa shape index (κ1) is 13.1. The van der Waals surface area contributed by atoms with Gasteiger partial charge in [0.05, 0.1) is 19.4 Å². The molecular weight excluding hydrogens is 244 g/mol. The highest BCUT2D eigenvalue weighted by Gasteiger charge is 2.06. The van der Waals surface area contributed by atoms with Gasteiger partial charge in [-0.05, 0) is 37.6 Å². The number of hydrogen-bond donors (Lipinski definition) is 0. The molecule has 0 fully saturated rings. The molecular formula is C13H16N4O2. The van der Waals surface area contributed by atoms with Crippen molar-refractivity contribution in [2.24, 2.45) is 5.10 Å². The van der Waals surface area contributed by atoms with Crippen molar-refractivity contribution in [2.45, 2.75) is 20.0 Å². The highest BCUT2D eigenvalue weighted by Crippen LogP contribution is 2.28. The summed E-state index contributed by atoms with van der Waals surface area (Å²) in [6, 6.07) is 5.64. The lowest BCUT2D eigenvalue weighted by molar-refractivity contribution is 0.230. The maximum Gasteiger partial charge on any atom is 0.161 e. The first-order chi connectivity index (χ1) is 9.19. The van der Waals surface area contributed by atoms with Crippen LogP contribution in [-0.4, -0.2) is 34.3 Å². The van der Waals surface area contributed by atoms with E-state index in [1.54, 1.807) is 13.3 Å². The van der Waals surface area contributed by atoms with Gasteiger partial charge in [-0.15, -0.1) is 10.2 Å². The third-order valence-electron chi connectivity index (χ3n) is 2.30. The van der Waals surface area contributed by atoms with Crippen molar-refractivity contribution >= 4 is 6.21 Å². The molecule has 1 aromatic heterocycles. The molecule has 0 bridgehead atoms. The Morgan fingerprint density at radius 2 is 1.95 bits per heavy atom. The van der Waals surface area contributed by atoms with Crippen molar-refractivity contribution in [2.75, 3.05) is 7.11 Å². The molecule has 0 saturated carbocycles. The topological polar surface area (TPSA) is 61.5 Å². The van der Waals surface area contributed by atoms with Crippen molar-refractivity contribution in [3.63, 3.8) is 0 Å². The van der Waals surface area contributed by atoms with Crippen molar-refractivity contribution in [1.29, 1.82) is 0 Å². The predicted molar refractivity (Wildman–Crippen MR) is 71.8 cm³/mol. The maximum atomic E-state index is 5.65. The second kappa shape index (κ2) is 5.99. The summed E-state index contributed by atoms with van der Waals surface area (Å²) in [5.74, 6) is 1.40. The summed E-state index contributed by atoms with van der Waals surface area (Å²) in [6.07, 6.45) is 4.84. The van der Waals surface area contributed by atoms with Crippen LogP contribution in [0.5, 0.6) is 11.5 Å². The monoisotopic (exact) mass is 260 g/mol. The zero-order valence-corrected chi connectivity index (χ0v) is 11.1. The maximum absolute atomic E-state index is 5.65. The lowest BCUT2D eigenvalue weighted by Crippen LogP contribution is -2.06. The van der Waals surface area contributed by atoms with Crippen LogP contribution in [0.1, 0.15) is 19.4 Å². The fourth-order valence-electron chi connectivity index (χ4n) is 1.50. The van der Waals surface area contributed by atoms with E-state index in [0.717, 1.165) is 11.3 Å². The SMILES string of the molecule is COc1cc(/C=N/n2cnnc2)ccc1OC(C)C. The molecule has 0 N–H and O–H groups in total. The van der Waals surface area contributed by atoms with E-state index >= 15 is 0 Å². The molecule has 6 nitrogen and oxygen atoms in total. The molecule has 6 heteroatoms. The van der Waals surface area contributed by atoms with Gasteiger partial charge < -0.3 is 9.47 Å². The summed E-state index contributed by atoms with van der Waals surface area (Å²) in [5, 5.41) is 11.5. The fraction of sp³-hybridized carbons (Fsp3) is 0.308. The summed E-state index contributed by atoms with van der Waals surface area (Å²) in [5.41, 5.74) is 0.904. The van der Waals surface area contributed by atoms with Crippen LogP contribution in [0.2, 0.25) is 0 Å². The number of ether oxygens (including phenoxy) is 2. The van der Waals surface area contributed by atoms with Crippen LogP contribution >= 0.6 is 0 Å². The van der Waals surface area contributed by atoms with Crippen molar-refractivity contribution in [3.8, 4) is 11.5 Å². The van der Waals surface area contributed by atoms with Gasteiger partial charge in [-0.1, -0.05) is 0 Å². The van der Waals surface area contributed by atoms with Crippen LogP contribution in [0, 0.1) is 0 Å². The average molecular weight is 260 g/mol. The molecule has 0 aliphatic carbocycles. The van der Waals surface area contributed by atoms with E-state index in [1.807, 2.05) is 32.0 Å². The van der Waals surface area contributed by atoms with Gasteiger partial charge in [0.25, 0.3) is 0 Å². The molecule has 100 valence electrons. The Bertz CT molecular complexity index is 550. The molecule has 0 aliphatic rings. The van der Waals surface area contributed by atoms with E-state index in [1.165, 1.54) is 17.3 Å². The predicted octanol–water partition coefficient (Wildman–Crippen LogP) is 1.96. The van der Waals surface area contributed by atoms with Crippen molar-refractivity contribution in [1.82, 2.24) is 14.9 Å². The molecule has 0 radical (unpaired) electrons. The van der Waals surface area contributed by atoms with Crippen molar-refractivity contribution < 1.29 is 9.47 Å². The van der Waals surface area contributed by atoms with Crippen LogP contribution in [0.15, 0.2) is 36.0 Å². The molecule has 2 rings (SSSR count). The fourth-order valence-corrected chi connectivity index (χ4v) is 1.50. The minimum Gasteiger partial charge on any atom is -0.493 e. The Morgan fingerprint density at radius 1 is 1.21 bits per heavy atom. The molecule has 0 aliphatic heterocycles. The molecule has 0 amide bonds. The minimum absolute atomic E-state index is 0.102. The van der Waals surface area contributed by atoms with E-state index < -0.39 is 0 Å². The largest absolute Gasteiger partial charge is 0.493 e. The van der Waals surface area contributed by atoms with E-state index in [2.05, 4.69) is 15.3 Å². The number of rotatable bonds is 5. The van der Waals surface area contributed by atoms with Crippen LogP contribution in [0.25, 0.3) is 0 Å². The highest BCUT2D eigenvalue weighted by molar-refractivity contribution is 5.80. The molecule has 19 heavy (non-hydrogen) atoms. The second-order valence-corrected chi connectivity index (χ2v) is 4.16. The summed E-state index contributed by atoms with van der Waals surface area (Å²) >= 11 is 0. The first-order valence-corrected chi connectivity index (χ1v) is 5.92. The molecule has 1 aromatic carbocycles. The Hall–Kier alpha value is -2.37. The summed E-state index contributed by atoms with van der Waals surface area (Å²) in [6.45, 7) is 3.95. The van der Waals surface area contributed by atoms with Gasteiger partial charge in [0.15, 0.2) is 11.5 Å². The Labute approximate surface area is 111 Å². The van der Waals surface area contributed by atoms with Gasteiger partial charge in [-0.25, -0.2) is 4.68 Å². The van der Waals surface area contributed by atoms with Gasteiger partial charge in [0.1, 0.15) is 12.7 Å². The average Bonchev–Trinajstić information content (AvgIpc) is 2.90. The van der Waals surface area contributed by atoms with Gasteiger partial charge in [-0.3, -0.25) is 0 Å². The van der Waals surface area contributed by atoms with Crippen LogP contribution in [-0.2, 0) is 0 Å². The Morgan fingerprint density at radius 3 is 2.58 bits per heavy atom. The molecule has 0 atom stereocenters. The van der Waals surface area contributed by atoms with E-state index in [0.29, 0.717) is 5.75 Å². The molecule has 0 spiro atoms. The lowest BCUT2D eigenvalue weighted by atomic mass is 10.2. The van der Waals surface area contributed by atoms with Gasteiger partial charge >= 0.3 is 0 Å². The van der Waals surface area contributed by atoms with E-state index in [9.17, 15) is 0 Å². The van der Waals surface area contributed by atoms with Crippen molar-refractivity contribution in [3.05, 3.63) is 36.4 Å². The second-order valence-electron chi connectivity index (χ2n) is 4.16. The van der Waals surface area contributed by atoms with Crippen LogP contribution < -0.4 is 9.47 Å². The lowest BCUT2D eigenvalue weighted by Gasteiger charge is -2.13. The summed E-state index contributed by atoms with van der Waals surface area (Å²) in [4.78, 5) is 0. The molecule has 1 heterocycles. The number of hydrogen-bond acceptors (Lipinski definition) is 5. The van der Waals surface area contributed by atoms with Gasteiger partial charge in [0, 0.05) is 0 Å². The van der Waals surface area contributed by atoms with Crippen LogP contribution in [0.3, 0.4) is 0 Å². The smallest absolute Gasteiger partial charge is 0.161 e. The van der Waals surface area contributed by atoms with Gasteiger partial charge in [0.2, 0.25) is 0 Å². The Balaban J connectivity index is 2.19. The first-order valence-electron chi connectivity index (χ1n) is 5.92. The number of methoxy groups -OCH3 is 1. The minimum atomic E-state index is 0.102. The van der Waals surface area contributed by atoms with Gasteiger partial charge in [-0.2, -0.15) is 5.10 Å². The molecule has 2 aromatic rings. The third-order valence-corrected chi connectivity index (χ3v) is 2.30. The summed E-state index contributed by atoms with van der Waals surface area (Å²) < 4.78 is 12.5.